The predicted octanol–water partition coefficient (Wildman–Crippen LogP) is 4.13. The molecule has 0 saturated heterocycles. The summed E-state index contributed by atoms with van der Waals surface area (Å²) >= 11 is 6.04. The summed E-state index contributed by atoms with van der Waals surface area (Å²) in [4.78, 5) is 2.19. The molecule has 2 rings (SSSR count). The molecule has 0 spiro atoms. The summed E-state index contributed by atoms with van der Waals surface area (Å²) in [7, 11) is 2.04. The molecular weight excluding hydrogens is 287 g/mol. The number of rotatable bonds is 5. The lowest BCUT2D eigenvalue weighted by molar-refractivity contribution is 0.253. The Balaban J connectivity index is 2.12. The highest BCUT2D eigenvalue weighted by atomic mass is 35.5. The average Bonchev–Trinajstić information content (AvgIpc) is 2.48. The molecule has 112 valence electrons. The molecule has 1 atom stereocenters. The van der Waals surface area contributed by atoms with Gasteiger partial charge in [0.25, 0.3) is 0 Å². The number of halogens is 2. The molecule has 2 N–H and O–H groups in total. The van der Waals surface area contributed by atoms with E-state index in [1.165, 1.54) is 6.07 Å². The zero-order valence-electron chi connectivity index (χ0n) is 12.3. The Morgan fingerprint density at radius 2 is 2.00 bits per heavy atom. The van der Waals surface area contributed by atoms with E-state index in [1.54, 1.807) is 6.07 Å². The molecular formula is C17H20ClFN2. The molecule has 2 aromatic rings. The van der Waals surface area contributed by atoms with Crippen molar-refractivity contribution in [2.45, 2.75) is 26.1 Å². The maximum Gasteiger partial charge on any atom is 0.127 e. The van der Waals surface area contributed by atoms with E-state index in [1.807, 2.05) is 31.3 Å². The van der Waals surface area contributed by atoms with Gasteiger partial charge in [0.1, 0.15) is 5.82 Å². The third kappa shape index (κ3) is 4.03. The third-order valence-corrected chi connectivity index (χ3v) is 3.99. The molecule has 0 aromatic heterocycles. The summed E-state index contributed by atoms with van der Waals surface area (Å²) in [5, 5.41) is 0.736. The number of hydrogen-bond donors (Lipinski definition) is 1. The van der Waals surface area contributed by atoms with Gasteiger partial charge in [-0.2, -0.15) is 0 Å². The first kappa shape index (κ1) is 16.0. The molecule has 0 aliphatic rings. The van der Waals surface area contributed by atoms with E-state index in [0.717, 1.165) is 22.7 Å². The van der Waals surface area contributed by atoms with Gasteiger partial charge < -0.3 is 5.73 Å². The molecule has 21 heavy (non-hydrogen) atoms. The van der Waals surface area contributed by atoms with Crippen molar-refractivity contribution in [3.05, 3.63) is 70.0 Å². The number of benzene rings is 2. The maximum absolute atomic E-state index is 13.5. The van der Waals surface area contributed by atoms with Crippen molar-refractivity contribution < 1.29 is 4.39 Å². The van der Waals surface area contributed by atoms with Crippen LogP contribution in [0.3, 0.4) is 0 Å². The van der Waals surface area contributed by atoms with Gasteiger partial charge in [-0.1, -0.05) is 35.9 Å². The Morgan fingerprint density at radius 1 is 1.24 bits per heavy atom. The molecule has 0 saturated carbocycles. The first-order chi connectivity index (χ1) is 10.0. The van der Waals surface area contributed by atoms with Gasteiger partial charge in [-0.3, -0.25) is 4.90 Å². The van der Waals surface area contributed by atoms with Crippen LogP contribution in [0.15, 0.2) is 42.5 Å². The molecule has 0 aliphatic carbocycles. The fourth-order valence-corrected chi connectivity index (χ4v) is 2.53. The topological polar surface area (TPSA) is 29.3 Å². The minimum atomic E-state index is -0.244. The summed E-state index contributed by atoms with van der Waals surface area (Å²) in [6.45, 7) is 3.06. The quantitative estimate of drug-likeness (QED) is 0.900. The van der Waals surface area contributed by atoms with Crippen LogP contribution in [-0.2, 0) is 13.1 Å². The Bertz CT molecular complexity index is 615. The van der Waals surface area contributed by atoms with Crippen molar-refractivity contribution in [3.8, 4) is 0 Å². The number of hydrogen-bond acceptors (Lipinski definition) is 2. The molecule has 0 radical (unpaired) electrons. The number of nitrogens with two attached hydrogens (primary N) is 1. The molecule has 4 heteroatoms. The van der Waals surface area contributed by atoms with Crippen LogP contribution in [0.1, 0.15) is 29.7 Å². The minimum absolute atomic E-state index is 0.216. The second kappa shape index (κ2) is 7.03. The predicted molar refractivity (Wildman–Crippen MR) is 85.6 cm³/mol. The summed E-state index contributed by atoms with van der Waals surface area (Å²) in [5.74, 6) is -0.244. The molecule has 0 aliphatic heterocycles. The van der Waals surface area contributed by atoms with Crippen LogP contribution in [0, 0.1) is 5.82 Å². The van der Waals surface area contributed by atoms with Crippen molar-refractivity contribution >= 4 is 11.6 Å². The van der Waals surface area contributed by atoms with Crippen molar-refractivity contribution in [1.82, 2.24) is 4.90 Å². The van der Waals surface area contributed by atoms with Crippen molar-refractivity contribution in [1.29, 1.82) is 0 Å². The number of nitrogens with zero attached hydrogens (tertiary/aromatic N) is 1. The molecule has 2 nitrogen and oxygen atoms in total. The smallest absolute Gasteiger partial charge is 0.127 e. The van der Waals surface area contributed by atoms with Gasteiger partial charge in [-0.15, -0.1) is 0 Å². The minimum Gasteiger partial charge on any atom is -0.326 e. The monoisotopic (exact) mass is 306 g/mol. The highest BCUT2D eigenvalue weighted by molar-refractivity contribution is 6.30. The second-order valence-corrected chi connectivity index (χ2v) is 5.71. The van der Waals surface area contributed by atoms with E-state index in [0.29, 0.717) is 5.56 Å². The average molecular weight is 307 g/mol. The van der Waals surface area contributed by atoms with Crippen LogP contribution in [-0.4, -0.2) is 11.9 Å². The van der Waals surface area contributed by atoms with E-state index in [2.05, 4.69) is 17.9 Å². The van der Waals surface area contributed by atoms with E-state index < -0.39 is 0 Å². The van der Waals surface area contributed by atoms with Crippen LogP contribution in [0.25, 0.3) is 0 Å². The third-order valence-electron chi connectivity index (χ3n) is 3.75. The molecule has 0 amide bonds. The second-order valence-electron chi connectivity index (χ2n) is 5.28. The van der Waals surface area contributed by atoms with Crippen LogP contribution in [0.4, 0.5) is 4.39 Å². The molecule has 1 unspecified atom stereocenters. The van der Waals surface area contributed by atoms with Gasteiger partial charge in [-0.25, -0.2) is 4.39 Å². The molecule has 0 fully saturated rings. The van der Waals surface area contributed by atoms with Gasteiger partial charge in [0, 0.05) is 29.7 Å². The van der Waals surface area contributed by atoms with E-state index in [9.17, 15) is 4.39 Å². The summed E-state index contributed by atoms with van der Waals surface area (Å²) in [6, 6.07) is 13.2. The lowest BCUT2D eigenvalue weighted by Gasteiger charge is -2.25. The van der Waals surface area contributed by atoms with Crippen LogP contribution in [0.2, 0.25) is 5.02 Å². The highest BCUT2D eigenvalue weighted by Crippen LogP contribution is 2.23. The largest absolute Gasteiger partial charge is 0.326 e. The van der Waals surface area contributed by atoms with Gasteiger partial charge in [0.2, 0.25) is 0 Å². The van der Waals surface area contributed by atoms with Crippen molar-refractivity contribution in [2.75, 3.05) is 7.05 Å². The normalized spacial score (nSPS) is 12.7. The zero-order valence-corrected chi connectivity index (χ0v) is 13.1. The van der Waals surface area contributed by atoms with Gasteiger partial charge >= 0.3 is 0 Å². The Kier molecular flexibility index (Phi) is 5.34. The maximum atomic E-state index is 13.5. The van der Waals surface area contributed by atoms with E-state index >= 15 is 0 Å². The van der Waals surface area contributed by atoms with Crippen LogP contribution < -0.4 is 5.73 Å². The van der Waals surface area contributed by atoms with Crippen molar-refractivity contribution in [2.24, 2.45) is 5.73 Å². The van der Waals surface area contributed by atoms with Gasteiger partial charge in [-0.05, 0) is 43.3 Å². The summed E-state index contributed by atoms with van der Waals surface area (Å²) in [5.41, 5.74) is 8.31. The molecule has 0 bridgehead atoms. The fraction of sp³-hybridized carbons (Fsp3) is 0.294. The molecule has 0 heterocycles. The van der Waals surface area contributed by atoms with Gasteiger partial charge in [0.05, 0.1) is 0 Å². The summed E-state index contributed by atoms with van der Waals surface area (Å²) in [6.07, 6.45) is 0. The van der Waals surface area contributed by atoms with E-state index in [-0.39, 0.29) is 18.4 Å². The van der Waals surface area contributed by atoms with Crippen molar-refractivity contribution in [3.63, 3.8) is 0 Å². The lowest BCUT2D eigenvalue weighted by atomic mass is 10.1. The zero-order chi connectivity index (χ0) is 15.4. The molecule has 2 aromatic carbocycles. The SMILES string of the molecule is CC(c1cccc(Cl)c1)N(C)Cc1ccc(F)c(CN)c1. The van der Waals surface area contributed by atoms with Gasteiger partial charge in [0.15, 0.2) is 0 Å². The lowest BCUT2D eigenvalue weighted by Crippen LogP contribution is -2.22. The summed E-state index contributed by atoms with van der Waals surface area (Å²) < 4.78 is 13.5. The van der Waals surface area contributed by atoms with Crippen LogP contribution in [0.5, 0.6) is 0 Å². The van der Waals surface area contributed by atoms with Crippen LogP contribution >= 0.6 is 11.6 Å². The first-order valence-corrected chi connectivity index (χ1v) is 7.32. The standard InChI is InChI=1S/C17H20ClFN2/c1-12(14-4-3-5-16(18)9-14)21(2)11-13-6-7-17(19)15(8-13)10-20/h3-9,12H,10-11,20H2,1-2H3. The van der Waals surface area contributed by atoms with E-state index in [4.69, 9.17) is 17.3 Å². The Morgan fingerprint density at radius 3 is 2.67 bits per heavy atom. The first-order valence-electron chi connectivity index (χ1n) is 6.94. The fourth-order valence-electron chi connectivity index (χ4n) is 2.33. The Hall–Kier alpha value is -1.42. The highest BCUT2D eigenvalue weighted by Gasteiger charge is 2.13. The Labute approximate surface area is 130 Å².